The first-order chi connectivity index (χ1) is 18.0. The zero-order chi connectivity index (χ0) is 25.8. The van der Waals surface area contributed by atoms with Gasteiger partial charge in [0.25, 0.3) is 0 Å². The number of methoxy groups -OCH3 is 1. The van der Waals surface area contributed by atoms with E-state index in [2.05, 4.69) is 16.0 Å². The summed E-state index contributed by atoms with van der Waals surface area (Å²) < 4.78 is 25.7. The van der Waals surface area contributed by atoms with E-state index in [0.29, 0.717) is 22.7 Å². The molecule has 186 valence electrons. The number of hydrogen-bond acceptors (Lipinski definition) is 5. The van der Waals surface area contributed by atoms with E-state index in [0.717, 1.165) is 21.9 Å². The Kier molecular flexibility index (Phi) is 6.72. The van der Waals surface area contributed by atoms with Gasteiger partial charge in [-0.3, -0.25) is 9.59 Å². The molecule has 0 unspecified atom stereocenters. The van der Waals surface area contributed by atoms with Gasteiger partial charge in [-0.25, -0.2) is 4.39 Å². The number of nitrogens with one attached hydrogen (secondary N) is 3. The average Bonchev–Trinajstić information content (AvgIpc) is 3.26. The predicted octanol–water partition coefficient (Wildman–Crippen LogP) is 5.97. The monoisotopic (exact) mass is 497 g/mol. The second-order valence-electron chi connectivity index (χ2n) is 8.45. The van der Waals surface area contributed by atoms with Gasteiger partial charge in [-0.2, -0.15) is 0 Å². The lowest BCUT2D eigenvalue weighted by molar-refractivity contribution is -0.116. The molecule has 0 aliphatic carbocycles. The third kappa shape index (κ3) is 5.38. The third-order valence-electron chi connectivity index (χ3n) is 5.87. The number of hydrogen-bond donors (Lipinski definition) is 3. The number of carbonyl (C=O) groups is 2. The first kappa shape index (κ1) is 23.9. The molecule has 0 atom stereocenters. The van der Waals surface area contributed by atoms with Gasteiger partial charge < -0.3 is 25.1 Å². The van der Waals surface area contributed by atoms with Crippen LogP contribution in [0.3, 0.4) is 0 Å². The molecule has 0 spiro atoms. The first-order valence-corrected chi connectivity index (χ1v) is 11.7. The van der Waals surface area contributed by atoms with Crippen molar-refractivity contribution in [1.82, 2.24) is 0 Å². The number of ether oxygens (including phenoxy) is 1. The van der Waals surface area contributed by atoms with Crippen LogP contribution >= 0.6 is 0 Å². The van der Waals surface area contributed by atoms with Crippen LogP contribution in [0.1, 0.15) is 5.56 Å². The summed E-state index contributed by atoms with van der Waals surface area (Å²) in [5.74, 6) is -0.751. The first-order valence-electron chi connectivity index (χ1n) is 11.7. The van der Waals surface area contributed by atoms with Gasteiger partial charge in [0.1, 0.15) is 22.7 Å². The largest absolute Gasteiger partial charge is 0.495 e. The third-order valence-corrected chi connectivity index (χ3v) is 5.87. The number of para-hydroxylation sites is 1. The van der Waals surface area contributed by atoms with E-state index in [1.165, 1.54) is 25.3 Å². The molecule has 37 heavy (non-hydrogen) atoms. The van der Waals surface area contributed by atoms with Crippen molar-refractivity contribution in [2.75, 3.05) is 29.6 Å². The van der Waals surface area contributed by atoms with E-state index in [9.17, 15) is 14.0 Å². The molecule has 4 aromatic carbocycles. The van der Waals surface area contributed by atoms with Gasteiger partial charge in [-0.1, -0.05) is 48.5 Å². The summed E-state index contributed by atoms with van der Waals surface area (Å²) in [5, 5.41) is 10.2. The Morgan fingerprint density at radius 3 is 2.38 bits per heavy atom. The van der Waals surface area contributed by atoms with E-state index in [1.54, 1.807) is 6.07 Å². The number of carbonyl (C=O) groups excluding carboxylic acids is 2. The van der Waals surface area contributed by atoms with Crippen LogP contribution in [0.5, 0.6) is 5.75 Å². The summed E-state index contributed by atoms with van der Waals surface area (Å²) in [6.07, 6.45) is 0.123. The summed E-state index contributed by atoms with van der Waals surface area (Å²) in [6.45, 7) is -0.0929. The molecule has 0 aliphatic rings. The fraction of sp³-hybridized carbons (Fsp3) is 0.103. The van der Waals surface area contributed by atoms with Gasteiger partial charge in [0.05, 0.1) is 31.5 Å². The smallest absolute Gasteiger partial charge is 0.243 e. The standard InChI is InChI=1S/C29H24FN3O4/c1-36-27-15-21-20-9-5-6-10-25(20)37-26(21)16-24(27)33-29(35)17-31-19-11-12-22(30)23(14-19)32-28(34)13-18-7-3-2-4-8-18/h2-12,14-16,31H,13,17H2,1H3,(H,32,34)(H,33,35). The molecule has 5 rings (SSSR count). The molecule has 3 N–H and O–H groups in total. The van der Waals surface area contributed by atoms with Crippen molar-refractivity contribution < 1.29 is 23.1 Å². The second kappa shape index (κ2) is 10.4. The summed E-state index contributed by atoms with van der Waals surface area (Å²) in [4.78, 5) is 25.0. The molecule has 1 aromatic heterocycles. The Hall–Kier alpha value is -4.85. The Labute approximate surface area is 212 Å². The zero-order valence-corrected chi connectivity index (χ0v) is 20.0. The van der Waals surface area contributed by atoms with Crippen molar-refractivity contribution in [3.63, 3.8) is 0 Å². The highest BCUT2D eigenvalue weighted by atomic mass is 19.1. The summed E-state index contributed by atoms with van der Waals surface area (Å²) >= 11 is 0. The van der Waals surface area contributed by atoms with Crippen molar-refractivity contribution in [1.29, 1.82) is 0 Å². The van der Waals surface area contributed by atoms with Crippen LogP contribution in [0.4, 0.5) is 21.5 Å². The van der Waals surface area contributed by atoms with Gasteiger partial charge >= 0.3 is 0 Å². The van der Waals surface area contributed by atoms with Gasteiger partial charge in [0.2, 0.25) is 11.8 Å². The summed E-state index contributed by atoms with van der Waals surface area (Å²) in [7, 11) is 1.53. The van der Waals surface area contributed by atoms with E-state index < -0.39 is 5.82 Å². The second-order valence-corrected chi connectivity index (χ2v) is 8.45. The lowest BCUT2D eigenvalue weighted by Crippen LogP contribution is -2.22. The molecule has 7 nitrogen and oxygen atoms in total. The maximum atomic E-state index is 14.3. The Morgan fingerprint density at radius 2 is 1.57 bits per heavy atom. The number of halogens is 1. The molecule has 8 heteroatoms. The van der Waals surface area contributed by atoms with E-state index in [4.69, 9.17) is 9.15 Å². The highest BCUT2D eigenvalue weighted by Crippen LogP contribution is 2.36. The maximum absolute atomic E-state index is 14.3. The average molecular weight is 498 g/mol. The number of anilines is 3. The van der Waals surface area contributed by atoms with Gasteiger partial charge in [0.15, 0.2) is 0 Å². The van der Waals surface area contributed by atoms with Crippen LogP contribution in [0, 0.1) is 5.82 Å². The molecule has 0 saturated heterocycles. The van der Waals surface area contributed by atoms with Crippen LogP contribution in [0.2, 0.25) is 0 Å². The minimum absolute atomic E-state index is 0.0309. The molecule has 0 aliphatic heterocycles. The number of amides is 2. The molecule has 0 fully saturated rings. The quantitative estimate of drug-likeness (QED) is 0.246. The molecular formula is C29H24FN3O4. The number of rotatable bonds is 8. The normalized spacial score (nSPS) is 10.9. The van der Waals surface area contributed by atoms with Crippen LogP contribution in [0.25, 0.3) is 21.9 Å². The molecular weight excluding hydrogens is 473 g/mol. The Bertz CT molecular complexity index is 1600. The lowest BCUT2D eigenvalue weighted by atomic mass is 10.1. The topological polar surface area (TPSA) is 92.6 Å². The number of benzene rings is 4. The summed E-state index contributed by atoms with van der Waals surface area (Å²) in [6, 6.07) is 24.6. The lowest BCUT2D eigenvalue weighted by Gasteiger charge is -2.13. The van der Waals surface area contributed by atoms with Crippen molar-refractivity contribution in [2.45, 2.75) is 6.42 Å². The fourth-order valence-electron chi connectivity index (χ4n) is 4.10. The fourth-order valence-corrected chi connectivity index (χ4v) is 4.10. The molecule has 0 saturated carbocycles. The van der Waals surface area contributed by atoms with Crippen LogP contribution in [0.15, 0.2) is 89.3 Å². The van der Waals surface area contributed by atoms with Crippen LogP contribution < -0.4 is 20.7 Å². The summed E-state index contributed by atoms with van der Waals surface area (Å²) in [5.41, 5.74) is 3.17. The minimum atomic E-state index is -0.569. The molecule has 5 aromatic rings. The van der Waals surface area contributed by atoms with E-state index >= 15 is 0 Å². The highest BCUT2D eigenvalue weighted by molar-refractivity contribution is 6.08. The van der Waals surface area contributed by atoms with E-state index in [1.807, 2.05) is 60.7 Å². The minimum Gasteiger partial charge on any atom is -0.495 e. The van der Waals surface area contributed by atoms with Crippen molar-refractivity contribution in [2.24, 2.45) is 0 Å². The van der Waals surface area contributed by atoms with Gasteiger partial charge in [-0.15, -0.1) is 0 Å². The molecule has 0 radical (unpaired) electrons. The molecule has 1 heterocycles. The highest BCUT2D eigenvalue weighted by Gasteiger charge is 2.15. The molecule has 0 bridgehead atoms. The van der Waals surface area contributed by atoms with Crippen molar-refractivity contribution in [3.05, 3.63) is 96.3 Å². The predicted molar refractivity (Wildman–Crippen MR) is 143 cm³/mol. The van der Waals surface area contributed by atoms with Crippen molar-refractivity contribution in [3.8, 4) is 5.75 Å². The zero-order valence-electron chi connectivity index (χ0n) is 20.0. The Balaban J connectivity index is 1.25. The van der Waals surface area contributed by atoms with Gasteiger partial charge in [-0.05, 0) is 35.9 Å². The maximum Gasteiger partial charge on any atom is 0.243 e. The Morgan fingerprint density at radius 1 is 0.811 bits per heavy atom. The number of furan rings is 1. The van der Waals surface area contributed by atoms with Crippen LogP contribution in [-0.4, -0.2) is 25.5 Å². The van der Waals surface area contributed by atoms with Crippen molar-refractivity contribution >= 4 is 50.8 Å². The number of fused-ring (bicyclic) bond motifs is 3. The van der Waals surface area contributed by atoms with Crippen LogP contribution in [-0.2, 0) is 16.0 Å². The molecule has 2 amide bonds. The van der Waals surface area contributed by atoms with E-state index in [-0.39, 0.29) is 30.5 Å². The SMILES string of the molecule is COc1cc2c(cc1NC(=O)CNc1ccc(F)c(NC(=O)Cc3ccccc3)c1)oc1ccccc12. The van der Waals surface area contributed by atoms with Gasteiger partial charge in [0, 0.05) is 22.5 Å².